The van der Waals surface area contributed by atoms with E-state index in [1.165, 1.54) is 0 Å². The van der Waals surface area contributed by atoms with E-state index in [0.29, 0.717) is 23.1 Å². The molecular weight excluding hydrogens is 372 g/mol. The van der Waals surface area contributed by atoms with Gasteiger partial charge in [0.1, 0.15) is 16.7 Å². The number of carboxylic acids is 1. The quantitative estimate of drug-likeness (QED) is 0.332. The molecule has 0 atom stereocenters. The van der Waals surface area contributed by atoms with Gasteiger partial charge in [-0.3, -0.25) is 4.79 Å². The van der Waals surface area contributed by atoms with Crippen LogP contribution in [0.25, 0.3) is 33.5 Å². The van der Waals surface area contributed by atoms with Gasteiger partial charge >= 0.3 is 11.6 Å². The van der Waals surface area contributed by atoms with Crippen molar-refractivity contribution in [3.8, 4) is 11.5 Å². The summed E-state index contributed by atoms with van der Waals surface area (Å²) in [4.78, 5) is 27.3. The molecule has 4 aromatic rings. The Morgan fingerprint density at radius 1 is 1.00 bits per heavy atom. The summed E-state index contributed by atoms with van der Waals surface area (Å²) in [6.07, 6.45) is 2.58. The number of hydrogen-bond donors (Lipinski definition) is 2. The molecule has 0 unspecified atom stereocenters. The number of aliphatic carboxylic acids is 1. The Labute approximate surface area is 166 Å². The van der Waals surface area contributed by atoms with Crippen LogP contribution in [0.2, 0.25) is 0 Å². The second-order valence-electron chi connectivity index (χ2n) is 6.82. The Balaban J connectivity index is 1.49. The van der Waals surface area contributed by atoms with Crippen LogP contribution in [-0.2, 0) is 4.79 Å². The van der Waals surface area contributed by atoms with Gasteiger partial charge in [0.25, 0.3) is 0 Å². The lowest BCUT2D eigenvalue weighted by molar-refractivity contribution is -0.137. The van der Waals surface area contributed by atoms with Crippen LogP contribution in [0.15, 0.2) is 62.2 Å². The van der Waals surface area contributed by atoms with E-state index in [4.69, 9.17) is 13.9 Å². The topological polar surface area (TPSA) is 106 Å². The van der Waals surface area contributed by atoms with Gasteiger partial charge < -0.3 is 19.3 Å². The van der Waals surface area contributed by atoms with Crippen molar-refractivity contribution < 1.29 is 18.7 Å². The van der Waals surface area contributed by atoms with E-state index < -0.39 is 11.6 Å². The lowest BCUT2D eigenvalue weighted by Gasteiger charge is -2.07. The SMILES string of the molecule is O=C(O)CCCCCNc1ccc2cc(-c3nc4ccccc4o3)c(=O)oc2c1. The fraction of sp³-hybridized carbons (Fsp3) is 0.227. The Morgan fingerprint density at radius 3 is 2.69 bits per heavy atom. The van der Waals surface area contributed by atoms with Crippen LogP contribution in [0.5, 0.6) is 0 Å². The number of nitrogens with one attached hydrogen (secondary N) is 1. The first-order valence-electron chi connectivity index (χ1n) is 9.50. The van der Waals surface area contributed by atoms with E-state index in [9.17, 15) is 9.59 Å². The van der Waals surface area contributed by atoms with Crippen LogP contribution in [-0.4, -0.2) is 22.6 Å². The third kappa shape index (κ3) is 4.29. The summed E-state index contributed by atoms with van der Waals surface area (Å²) in [5.74, 6) is -0.523. The smallest absolute Gasteiger partial charge is 0.349 e. The zero-order valence-electron chi connectivity index (χ0n) is 15.7. The summed E-state index contributed by atoms with van der Waals surface area (Å²) in [5, 5.41) is 12.7. The first-order valence-corrected chi connectivity index (χ1v) is 9.50. The van der Waals surface area contributed by atoms with Crippen LogP contribution in [0, 0.1) is 0 Å². The molecule has 0 amide bonds. The minimum atomic E-state index is -0.764. The highest BCUT2D eigenvalue weighted by atomic mass is 16.4. The number of carbonyl (C=O) groups is 1. The van der Waals surface area contributed by atoms with Gasteiger partial charge in [-0.05, 0) is 43.2 Å². The van der Waals surface area contributed by atoms with Crippen LogP contribution in [0.3, 0.4) is 0 Å². The maximum atomic E-state index is 12.5. The molecule has 4 rings (SSSR count). The molecule has 0 spiro atoms. The summed E-state index contributed by atoms with van der Waals surface area (Å²) >= 11 is 0. The number of nitrogens with zero attached hydrogens (tertiary/aromatic N) is 1. The Hall–Kier alpha value is -3.61. The summed E-state index contributed by atoms with van der Waals surface area (Å²) in [6.45, 7) is 0.719. The van der Waals surface area contributed by atoms with Gasteiger partial charge in [0, 0.05) is 30.1 Å². The number of para-hydroxylation sites is 2. The van der Waals surface area contributed by atoms with E-state index in [-0.39, 0.29) is 17.9 Å². The summed E-state index contributed by atoms with van der Waals surface area (Å²) in [7, 11) is 0. The average molecular weight is 392 g/mol. The maximum Gasteiger partial charge on any atom is 0.349 e. The van der Waals surface area contributed by atoms with Gasteiger partial charge in [0.05, 0.1) is 0 Å². The van der Waals surface area contributed by atoms with E-state index in [2.05, 4.69) is 10.3 Å². The molecule has 0 fully saturated rings. The molecule has 2 aromatic heterocycles. The predicted molar refractivity (Wildman–Crippen MR) is 110 cm³/mol. The highest BCUT2D eigenvalue weighted by molar-refractivity contribution is 5.84. The largest absolute Gasteiger partial charge is 0.481 e. The number of hydrogen-bond acceptors (Lipinski definition) is 6. The number of unbranched alkanes of at least 4 members (excludes halogenated alkanes) is 2. The third-order valence-electron chi connectivity index (χ3n) is 4.66. The molecule has 148 valence electrons. The van der Waals surface area contributed by atoms with Crippen LogP contribution in [0.4, 0.5) is 5.69 Å². The number of fused-ring (bicyclic) bond motifs is 2. The Kier molecular flexibility index (Phi) is 5.29. The number of anilines is 1. The van der Waals surface area contributed by atoms with Crippen molar-refractivity contribution in [2.24, 2.45) is 0 Å². The van der Waals surface area contributed by atoms with E-state index in [1.807, 2.05) is 30.3 Å². The van der Waals surface area contributed by atoms with Gasteiger partial charge in [-0.15, -0.1) is 0 Å². The van der Waals surface area contributed by atoms with E-state index in [0.717, 1.165) is 30.5 Å². The van der Waals surface area contributed by atoms with Crippen LogP contribution >= 0.6 is 0 Å². The number of carboxylic acid groups (broad SMARTS) is 1. The van der Waals surface area contributed by atoms with Gasteiger partial charge in [-0.2, -0.15) is 0 Å². The molecule has 0 saturated carbocycles. The highest BCUT2D eigenvalue weighted by Gasteiger charge is 2.14. The van der Waals surface area contributed by atoms with Gasteiger partial charge in [0.15, 0.2) is 5.58 Å². The van der Waals surface area contributed by atoms with Crippen molar-refractivity contribution in [1.29, 1.82) is 0 Å². The highest BCUT2D eigenvalue weighted by Crippen LogP contribution is 2.26. The second-order valence-corrected chi connectivity index (χ2v) is 6.82. The minimum absolute atomic E-state index is 0.198. The fourth-order valence-electron chi connectivity index (χ4n) is 3.17. The molecule has 7 heteroatoms. The van der Waals surface area contributed by atoms with Crippen molar-refractivity contribution in [2.45, 2.75) is 25.7 Å². The van der Waals surface area contributed by atoms with Gasteiger partial charge in [-0.25, -0.2) is 9.78 Å². The molecule has 0 radical (unpaired) electrons. The molecule has 2 heterocycles. The maximum absolute atomic E-state index is 12.5. The van der Waals surface area contributed by atoms with E-state index >= 15 is 0 Å². The summed E-state index contributed by atoms with van der Waals surface area (Å²) in [6, 6.07) is 14.6. The predicted octanol–water partition coefficient (Wildman–Crippen LogP) is 4.66. The zero-order chi connectivity index (χ0) is 20.2. The lowest BCUT2D eigenvalue weighted by Crippen LogP contribution is -2.04. The molecule has 29 heavy (non-hydrogen) atoms. The van der Waals surface area contributed by atoms with Crippen molar-refractivity contribution in [3.63, 3.8) is 0 Å². The van der Waals surface area contributed by atoms with E-state index in [1.54, 1.807) is 18.2 Å². The fourth-order valence-corrected chi connectivity index (χ4v) is 3.17. The van der Waals surface area contributed by atoms with Crippen molar-refractivity contribution in [3.05, 3.63) is 59.0 Å². The molecule has 0 bridgehead atoms. The molecule has 7 nitrogen and oxygen atoms in total. The first-order chi connectivity index (χ1) is 14.1. The summed E-state index contributed by atoms with van der Waals surface area (Å²) in [5.41, 5.74) is 2.40. The molecule has 0 aliphatic heterocycles. The Bertz CT molecular complexity index is 1190. The van der Waals surface area contributed by atoms with Crippen molar-refractivity contribution in [1.82, 2.24) is 4.98 Å². The monoisotopic (exact) mass is 392 g/mol. The summed E-state index contributed by atoms with van der Waals surface area (Å²) < 4.78 is 11.2. The molecule has 0 saturated heterocycles. The average Bonchev–Trinajstić information content (AvgIpc) is 3.13. The third-order valence-corrected chi connectivity index (χ3v) is 4.66. The van der Waals surface area contributed by atoms with Crippen molar-refractivity contribution >= 4 is 33.7 Å². The van der Waals surface area contributed by atoms with Crippen LogP contribution < -0.4 is 10.9 Å². The molecule has 0 aliphatic carbocycles. The van der Waals surface area contributed by atoms with Crippen LogP contribution in [0.1, 0.15) is 25.7 Å². The van der Waals surface area contributed by atoms with Gasteiger partial charge in [-0.1, -0.05) is 18.6 Å². The number of aromatic nitrogens is 1. The zero-order valence-corrected chi connectivity index (χ0v) is 15.7. The number of rotatable bonds is 8. The second kappa shape index (κ2) is 8.18. The minimum Gasteiger partial charge on any atom is -0.481 e. The standard InChI is InChI=1S/C22H20N2O5/c25-20(26)8-2-1-5-11-23-15-10-9-14-12-16(22(27)29-19(14)13-15)21-24-17-6-3-4-7-18(17)28-21/h3-4,6-7,9-10,12-13,23H,1-2,5,8,11H2,(H,25,26). The molecule has 2 N–H and O–H groups in total. The Morgan fingerprint density at radius 2 is 1.86 bits per heavy atom. The number of oxazole rings is 1. The first kappa shape index (κ1) is 18.7. The molecule has 0 aliphatic rings. The van der Waals surface area contributed by atoms with Crippen molar-refractivity contribution in [2.75, 3.05) is 11.9 Å². The lowest BCUT2D eigenvalue weighted by atomic mass is 10.1. The molecular formula is C22H20N2O5. The van der Waals surface area contributed by atoms with Gasteiger partial charge in [0.2, 0.25) is 5.89 Å². The normalized spacial score (nSPS) is 11.2. The molecule has 2 aromatic carbocycles. The number of benzene rings is 2.